The number of benzene rings is 2. The topological polar surface area (TPSA) is 66.2 Å². The third-order valence-electron chi connectivity index (χ3n) is 5.62. The minimum atomic E-state index is -0.758. The first-order valence-corrected chi connectivity index (χ1v) is 10.2. The van der Waals surface area contributed by atoms with E-state index in [-0.39, 0.29) is 5.52 Å². The lowest BCUT2D eigenvalue weighted by atomic mass is 10.0. The summed E-state index contributed by atoms with van der Waals surface area (Å²) in [5, 5.41) is 19.9. The molecule has 8 heteroatoms. The molecule has 2 aromatic heterocycles. The lowest BCUT2D eigenvalue weighted by Gasteiger charge is -2.30. The van der Waals surface area contributed by atoms with Crippen molar-refractivity contribution in [3.05, 3.63) is 46.9 Å². The Morgan fingerprint density at radius 2 is 1.90 bits per heavy atom. The summed E-state index contributed by atoms with van der Waals surface area (Å²) in [5.41, 5.74) is 3.68. The molecule has 1 saturated heterocycles. The molecule has 0 saturated carbocycles. The van der Waals surface area contributed by atoms with Gasteiger partial charge in [0, 0.05) is 61.4 Å². The molecule has 4 aromatic rings. The van der Waals surface area contributed by atoms with Gasteiger partial charge in [0.1, 0.15) is 5.52 Å². The largest absolute Gasteiger partial charge is 0.504 e. The first-order chi connectivity index (χ1) is 14.4. The van der Waals surface area contributed by atoms with Crippen LogP contribution in [-0.2, 0) is 7.05 Å². The number of aryl methyl sites for hydroxylation is 2. The zero-order valence-electron chi connectivity index (χ0n) is 16.7. The normalized spacial score (nSPS) is 14.7. The second kappa shape index (κ2) is 7.11. The summed E-state index contributed by atoms with van der Waals surface area (Å²) in [6.45, 7) is 5.76. The SMILES string of the molecule is Cc1cc(N2CCNCC2)cc2c(Cl)cc(-c3cc4cn(C)nc4c(F)c3O)nc12. The Kier molecular flexibility index (Phi) is 4.52. The Morgan fingerprint density at radius 1 is 1.13 bits per heavy atom. The molecule has 0 spiro atoms. The van der Waals surface area contributed by atoms with Gasteiger partial charge >= 0.3 is 0 Å². The van der Waals surface area contributed by atoms with Crippen LogP contribution in [-0.4, -0.2) is 46.1 Å². The van der Waals surface area contributed by atoms with Gasteiger partial charge in [0.2, 0.25) is 0 Å². The summed E-state index contributed by atoms with van der Waals surface area (Å²) in [6.07, 6.45) is 1.70. The predicted molar refractivity (Wildman–Crippen MR) is 118 cm³/mol. The molecule has 0 amide bonds. The second-order valence-electron chi connectivity index (χ2n) is 7.71. The van der Waals surface area contributed by atoms with E-state index < -0.39 is 11.6 Å². The highest BCUT2D eigenvalue weighted by molar-refractivity contribution is 6.35. The minimum absolute atomic E-state index is 0.127. The quantitative estimate of drug-likeness (QED) is 0.508. The van der Waals surface area contributed by atoms with Gasteiger partial charge in [0.15, 0.2) is 11.6 Å². The average molecular weight is 426 g/mol. The van der Waals surface area contributed by atoms with Crippen LogP contribution in [0.15, 0.2) is 30.5 Å². The Hall–Kier alpha value is -2.90. The van der Waals surface area contributed by atoms with E-state index in [1.165, 1.54) is 4.68 Å². The molecule has 2 aromatic carbocycles. The van der Waals surface area contributed by atoms with E-state index in [1.807, 2.05) is 6.92 Å². The number of pyridine rings is 1. The summed E-state index contributed by atoms with van der Waals surface area (Å²) in [5.74, 6) is -1.23. The smallest absolute Gasteiger partial charge is 0.193 e. The molecule has 0 radical (unpaired) electrons. The van der Waals surface area contributed by atoms with Gasteiger partial charge in [-0.25, -0.2) is 9.37 Å². The Balaban J connectivity index is 1.67. The van der Waals surface area contributed by atoms with E-state index in [0.29, 0.717) is 21.7 Å². The standard InChI is InChI=1S/C22H21ClFN5O/c1-12-7-14(29-5-3-25-4-6-29)9-15-17(23)10-18(26-20(12)15)16-8-13-11-28(2)27-21(13)19(24)22(16)30/h7-11,25,30H,3-6H2,1-2H3. The molecule has 1 aliphatic rings. The van der Waals surface area contributed by atoms with Gasteiger partial charge in [-0.05, 0) is 36.8 Å². The molecule has 1 fully saturated rings. The number of phenolic OH excluding ortho intramolecular Hbond substituents is 1. The number of aromatic hydroxyl groups is 1. The summed E-state index contributed by atoms with van der Waals surface area (Å²) in [7, 11) is 1.71. The van der Waals surface area contributed by atoms with Crippen molar-refractivity contribution in [1.82, 2.24) is 20.1 Å². The van der Waals surface area contributed by atoms with Crippen molar-refractivity contribution in [3.63, 3.8) is 0 Å². The number of fused-ring (bicyclic) bond motifs is 2. The molecule has 0 aliphatic carbocycles. The van der Waals surface area contributed by atoms with Crippen LogP contribution in [0.4, 0.5) is 10.1 Å². The van der Waals surface area contributed by atoms with E-state index in [9.17, 15) is 9.50 Å². The van der Waals surface area contributed by atoms with Crippen LogP contribution in [0.25, 0.3) is 33.1 Å². The number of anilines is 1. The van der Waals surface area contributed by atoms with E-state index in [0.717, 1.165) is 48.3 Å². The first-order valence-electron chi connectivity index (χ1n) is 9.84. The summed E-state index contributed by atoms with van der Waals surface area (Å²) in [4.78, 5) is 7.06. The maximum Gasteiger partial charge on any atom is 0.193 e. The molecule has 2 N–H and O–H groups in total. The fourth-order valence-electron chi connectivity index (χ4n) is 4.12. The lowest BCUT2D eigenvalue weighted by molar-refractivity contribution is 0.437. The van der Waals surface area contributed by atoms with Crippen molar-refractivity contribution in [2.24, 2.45) is 7.05 Å². The molecule has 0 bridgehead atoms. The fraction of sp³-hybridized carbons (Fsp3) is 0.273. The number of aromatic nitrogens is 3. The third kappa shape index (κ3) is 3.05. The Labute approximate surface area is 177 Å². The molecule has 1 aliphatic heterocycles. The van der Waals surface area contributed by atoms with Crippen LogP contribution in [0.3, 0.4) is 0 Å². The van der Waals surface area contributed by atoms with E-state index >= 15 is 0 Å². The number of piperazine rings is 1. The highest BCUT2D eigenvalue weighted by Crippen LogP contribution is 2.39. The summed E-state index contributed by atoms with van der Waals surface area (Å²) < 4.78 is 16.2. The molecule has 30 heavy (non-hydrogen) atoms. The molecule has 154 valence electrons. The number of nitrogens with zero attached hydrogens (tertiary/aromatic N) is 4. The maximum absolute atomic E-state index is 14.7. The molecule has 0 atom stereocenters. The van der Waals surface area contributed by atoms with E-state index in [2.05, 4.69) is 27.4 Å². The summed E-state index contributed by atoms with van der Waals surface area (Å²) in [6, 6.07) is 7.53. The van der Waals surface area contributed by atoms with Gasteiger partial charge < -0.3 is 15.3 Å². The zero-order valence-corrected chi connectivity index (χ0v) is 17.5. The minimum Gasteiger partial charge on any atom is -0.504 e. The Bertz CT molecular complexity index is 1300. The van der Waals surface area contributed by atoms with Gasteiger partial charge in [0.25, 0.3) is 0 Å². The number of hydrogen-bond donors (Lipinski definition) is 2. The highest BCUT2D eigenvalue weighted by atomic mass is 35.5. The fourth-order valence-corrected chi connectivity index (χ4v) is 4.36. The van der Waals surface area contributed by atoms with Gasteiger partial charge in [-0.1, -0.05) is 11.6 Å². The zero-order chi connectivity index (χ0) is 21.0. The van der Waals surface area contributed by atoms with E-state index in [4.69, 9.17) is 16.6 Å². The number of rotatable bonds is 2. The second-order valence-corrected chi connectivity index (χ2v) is 8.12. The molecular weight excluding hydrogens is 405 g/mol. The summed E-state index contributed by atoms with van der Waals surface area (Å²) >= 11 is 6.65. The van der Waals surface area contributed by atoms with Gasteiger partial charge in [-0.15, -0.1) is 0 Å². The third-order valence-corrected chi connectivity index (χ3v) is 5.94. The van der Waals surface area contributed by atoms with Crippen molar-refractivity contribution in [3.8, 4) is 17.0 Å². The number of nitrogens with one attached hydrogen (secondary N) is 1. The van der Waals surface area contributed by atoms with Crippen LogP contribution >= 0.6 is 11.6 Å². The van der Waals surface area contributed by atoms with E-state index in [1.54, 1.807) is 25.4 Å². The highest BCUT2D eigenvalue weighted by Gasteiger charge is 2.20. The van der Waals surface area contributed by atoms with Gasteiger partial charge in [-0.3, -0.25) is 4.68 Å². The van der Waals surface area contributed by atoms with Crippen molar-refractivity contribution in [2.75, 3.05) is 31.1 Å². The van der Waals surface area contributed by atoms with Crippen molar-refractivity contribution in [1.29, 1.82) is 0 Å². The van der Waals surface area contributed by atoms with Crippen LogP contribution in [0.1, 0.15) is 5.56 Å². The number of halogens is 2. The molecule has 6 nitrogen and oxygen atoms in total. The Morgan fingerprint density at radius 3 is 2.67 bits per heavy atom. The van der Waals surface area contributed by atoms with Gasteiger partial charge in [-0.2, -0.15) is 5.10 Å². The molecule has 5 rings (SSSR count). The van der Waals surface area contributed by atoms with Crippen molar-refractivity contribution >= 4 is 39.1 Å². The molecule has 0 unspecified atom stereocenters. The van der Waals surface area contributed by atoms with Gasteiger partial charge in [0.05, 0.1) is 16.2 Å². The molecule has 3 heterocycles. The number of hydrogen-bond acceptors (Lipinski definition) is 5. The average Bonchev–Trinajstić information content (AvgIpc) is 3.12. The van der Waals surface area contributed by atoms with Crippen molar-refractivity contribution < 1.29 is 9.50 Å². The lowest BCUT2D eigenvalue weighted by Crippen LogP contribution is -2.43. The predicted octanol–water partition coefficient (Wildman–Crippen LogP) is 4.00. The monoisotopic (exact) mass is 425 g/mol. The molecular formula is C22H21ClFN5O. The van der Waals surface area contributed by atoms with Crippen LogP contribution in [0.2, 0.25) is 5.02 Å². The van der Waals surface area contributed by atoms with Crippen LogP contribution in [0.5, 0.6) is 5.75 Å². The van der Waals surface area contributed by atoms with Crippen molar-refractivity contribution in [2.45, 2.75) is 6.92 Å². The van der Waals surface area contributed by atoms with Crippen LogP contribution < -0.4 is 10.2 Å². The maximum atomic E-state index is 14.7. The number of phenols is 1. The van der Waals surface area contributed by atoms with Crippen LogP contribution in [0, 0.1) is 12.7 Å². The first kappa shape index (κ1) is 19.1.